The molecule has 0 bridgehead atoms. The first-order chi connectivity index (χ1) is 14.3. The zero-order chi connectivity index (χ0) is 21.9. The van der Waals surface area contributed by atoms with Gasteiger partial charge in [-0.3, -0.25) is 0 Å². The van der Waals surface area contributed by atoms with Crippen molar-refractivity contribution in [3.8, 4) is 17.2 Å². The Hall–Kier alpha value is -2.24. The van der Waals surface area contributed by atoms with Crippen molar-refractivity contribution in [2.45, 2.75) is 32.7 Å². The van der Waals surface area contributed by atoms with Crippen LogP contribution in [0.1, 0.15) is 26.3 Å². The summed E-state index contributed by atoms with van der Waals surface area (Å²) in [5, 5.41) is 2.34. The van der Waals surface area contributed by atoms with Gasteiger partial charge < -0.3 is 13.9 Å². The van der Waals surface area contributed by atoms with Crippen LogP contribution >= 0.6 is 15.9 Å². The second kappa shape index (κ2) is 8.86. The van der Waals surface area contributed by atoms with Crippen molar-refractivity contribution in [1.29, 1.82) is 0 Å². The molecule has 0 amide bonds. The van der Waals surface area contributed by atoms with Gasteiger partial charge in [-0.2, -0.15) is 0 Å². The first-order valence-corrected chi connectivity index (χ1v) is 12.7. The number of rotatable bonds is 6. The fraction of sp³-hybridized carbons (Fsp3) is 0.280. The maximum Gasteiger partial charge on any atom is 0.319 e. The molecule has 3 nitrogen and oxygen atoms in total. The Morgan fingerprint density at radius 2 is 1.23 bits per heavy atom. The molecule has 0 aliphatic carbocycles. The Morgan fingerprint density at radius 3 is 1.63 bits per heavy atom. The third kappa shape index (κ3) is 3.88. The van der Waals surface area contributed by atoms with E-state index in [-0.39, 0.29) is 5.04 Å². The van der Waals surface area contributed by atoms with Gasteiger partial charge in [0.2, 0.25) is 0 Å². The number of hydrogen-bond donors (Lipinski definition) is 0. The minimum Gasteiger partial charge on any atom is -0.534 e. The number of benzene rings is 3. The van der Waals surface area contributed by atoms with E-state index in [1.165, 1.54) is 10.4 Å². The molecule has 0 fully saturated rings. The van der Waals surface area contributed by atoms with Crippen LogP contribution in [-0.2, 0) is 0 Å². The number of hydrogen-bond acceptors (Lipinski definition) is 3. The molecule has 0 N–H and O–H groups in total. The van der Waals surface area contributed by atoms with Crippen molar-refractivity contribution in [2.24, 2.45) is 0 Å². The van der Waals surface area contributed by atoms with Crippen molar-refractivity contribution in [1.82, 2.24) is 0 Å². The molecule has 0 radical (unpaired) electrons. The molecule has 0 saturated heterocycles. The molecule has 0 aliphatic rings. The van der Waals surface area contributed by atoms with Crippen molar-refractivity contribution >= 4 is 34.6 Å². The zero-order valence-corrected chi connectivity index (χ0v) is 21.0. The maximum absolute atomic E-state index is 7.17. The third-order valence-corrected chi connectivity index (χ3v) is 11.0. The molecular weight excluding hydrogens is 456 g/mol. The lowest BCUT2D eigenvalue weighted by atomic mass is 10.2. The van der Waals surface area contributed by atoms with Gasteiger partial charge >= 0.3 is 8.32 Å². The van der Waals surface area contributed by atoms with Gasteiger partial charge in [-0.15, -0.1) is 0 Å². The molecule has 3 aromatic carbocycles. The van der Waals surface area contributed by atoms with E-state index in [9.17, 15) is 0 Å². The summed E-state index contributed by atoms with van der Waals surface area (Å²) in [5.41, 5.74) is 0.922. The van der Waals surface area contributed by atoms with Crippen LogP contribution in [-0.4, -0.2) is 22.5 Å². The van der Waals surface area contributed by atoms with Crippen LogP contribution < -0.4 is 24.3 Å². The third-order valence-electron chi connectivity index (χ3n) is 5.48. The van der Waals surface area contributed by atoms with Gasteiger partial charge in [-0.1, -0.05) is 81.4 Å². The summed E-state index contributed by atoms with van der Waals surface area (Å²) < 4.78 is 19.2. The van der Waals surface area contributed by atoms with Gasteiger partial charge in [-0.05, 0) is 44.3 Å². The summed E-state index contributed by atoms with van der Waals surface area (Å²) >= 11 is 3.63. The lowest BCUT2D eigenvalue weighted by Gasteiger charge is -2.43. The first-order valence-electron chi connectivity index (χ1n) is 9.97. The van der Waals surface area contributed by atoms with Gasteiger partial charge in [0, 0.05) is 5.56 Å². The van der Waals surface area contributed by atoms with E-state index in [4.69, 9.17) is 13.9 Å². The van der Waals surface area contributed by atoms with Crippen LogP contribution in [0, 0.1) is 6.92 Å². The van der Waals surface area contributed by atoms with Gasteiger partial charge in [0.1, 0.15) is 5.75 Å². The molecule has 3 rings (SSSR count). The Labute approximate surface area is 189 Å². The normalized spacial score (nSPS) is 11.8. The Kier molecular flexibility index (Phi) is 6.63. The monoisotopic (exact) mass is 484 g/mol. The second-order valence-electron chi connectivity index (χ2n) is 8.31. The molecule has 5 heteroatoms. The van der Waals surface area contributed by atoms with Crippen LogP contribution in [0.4, 0.5) is 0 Å². The highest BCUT2D eigenvalue weighted by Crippen LogP contribution is 2.45. The summed E-state index contributed by atoms with van der Waals surface area (Å²) in [7, 11) is 0.575. The van der Waals surface area contributed by atoms with E-state index in [1.54, 1.807) is 14.2 Å². The maximum atomic E-state index is 7.17. The van der Waals surface area contributed by atoms with Crippen LogP contribution in [0.2, 0.25) is 5.04 Å². The summed E-state index contributed by atoms with van der Waals surface area (Å²) in [6, 6.07) is 23.2. The summed E-state index contributed by atoms with van der Waals surface area (Å²) in [5.74, 6) is 2.15. The van der Waals surface area contributed by atoms with Gasteiger partial charge in [0.25, 0.3) is 0 Å². The molecule has 0 atom stereocenters. The summed E-state index contributed by atoms with van der Waals surface area (Å²) in [6.07, 6.45) is 0. The summed E-state index contributed by atoms with van der Waals surface area (Å²) in [6.45, 7) is 8.82. The van der Waals surface area contributed by atoms with E-state index in [0.717, 1.165) is 15.8 Å². The van der Waals surface area contributed by atoms with E-state index in [1.807, 2.05) is 13.0 Å². The molecule has 0 heterocycles. The topological polar surface area (TPSA) is 27.7 Å². The molecule has 0 saturated carbocycles. The Morgan fingerprint density at radius 1 is 0.767 bits per heavy atom. The Bertz CT molecular complexity index is 959. The van der Waals surface area contributed by atoms with Gasteiger partial charge in [0.15, 0.2) is 11.5 Å². The number of methoxy groups -OCH3 is 2. The van der Waals surface area contributed by atoms with Crippen molar-refractivity contribution in [2.75, 3.05) is 14.2 Å². The predicted molar refractivity (Wildman–Crippen MR) is 130 cm³/mol. The van der Waals surface area contributed by atoms with Crippen LogP contribution in [0.15, 0.2) is 71.2 Å². The van der Waals surface area contributed by atoms with Crippen LogP contribution in [0.5, 0.6) is 17.2 Å². The van der Waals surface area contributed by atoms with Crippen LogP contribution in [0.3, 0.4) is 0 Å². The number of ether oxygens (including phenoxy) is 2. The quantitative estimate of drug-likeness (QED) is 0.419. The molecule has 0 spiro atoms. The lowest BCUT2D eigenvalue weighted by Crippen LogP contribution is -2.68. The highest BCUT2D eigenvalue weighted by molar-refractivity contribution is 9.10. The highest BCUT2D eigenvalue weighted by atomic mass is 79.9. The first kappa shape index (κ1) is 22.4. The van der Waals surface area contributed by atoms with E-state index in [0.29, 0.717) is 11.5 Å². The van der Waals surface area contributed by atoms with Gasteiger partial charge in [0.05, 0.1) is 18.7 Å². The largest absolute Gasteiger partial charge is 0.534 e. The van der Waals surface area contributed by atoms with Crippen molar-refractivity contribution < 1.29 is 13.9 Å². The average Bonchev–Trinajstić information content (AvgIpc) is 2.74. The molecule has 0 aliphatic heterocycles. The highest BCUT2D eigenvalue weighted by Gasteiger charge is 2.52. The lowest BCUT2D eigenvalue weighted by molar-refractivity contribution is 0.348. The fourth-order valence-electron chi connectivity index (χ4n) is 4.04. The second-order valence-corrected chi connectivity index (χ2v) is 13.4. The molecule has 3 aromatic rings. The van der Waals surface area contributed by atoms with E-state index < -0.39 is 8.32 Å². The average molecular weight is 485 g/mol. The van der Waals surface area contributed by atoms with Crippen molar-refractivity contribution in [3.05, 3.63) is 76.8 Å². The molecule has 0 aromatic heterocycles. The molecule has 158 valence electrons. The number of halogens is 1. The SMILES string of the molecule is COc1c(Br)cc(O[Si](c2ccccc2)(c2ccccc2)C(C)(C)C)c(C)c1OC. The smallest absolute Gasteiger partial charge is 0.319 e. The van der Waals surface area contributed by atoms with E-state index in [2.05, 4.69) is 97.4 Å². The standard InChI is InChI=1S/C25H29BrO3Si/c1-18-22(17-21(26)24(28-6)23(18)27-5)29-30(25(2,3)4,19-13-9-7-10-14-19)20-15-11-8-12-16-20/h7-17H,1-6H3. The van der Waals surface area contributed by atoms with E-state index >= 15 is 0 Å². The molecule has 30 heavy (non-hydrogen) atoms. The van der Waals surface area contributed by atoms with Crippen molar-refractivity contribution in [3.63, 3.8) is 0 Å². The Balaban J connectivity index is 2.32. The minimum absolute atomic E-state index is 0.123. The molecule has 0 unspecified atom stereocenters. The zero-order valence-electron chi connectivity index (χ0n) is 18.5. The summed E-state index contributed by atoms with van der Waals surface area (Å²) in [4.78, 5) is 0. The van der Waals surface area contributed by atoms with Crippen LogP contribution in [0.25, 0.3) is 0 Å². The fourth-order valence-corrected chi connectivity index (χ4v) is 9.06. The van der Waals surface area contributed by atoms with Gasteiger partial charge in [-0.25, -0.2) is 0 Å². The molecular formula is C25H29BrO3Si. The predicted octanol–water partition coefficient (Wildman–Crippen LogP) is 5.71. The minimum atomic E-state index is -2.72.